The zero-order valence-electron chi connectivity index (χ0n) is 19.3. The summed E-state index contributed by atoms with van der Waals surface area (Å²) >= 11 is 6.06. The molecule has 0 unspecified atom stereocenters. The first-order valence-electron chi connectivity index (χ1n) is 12.1. The molecule has 1 aromatic heterocycles. The molecule has 4 aliphatic rings. The fraction of sp³-hybridized carbons (Fsp3) is 0.480. The number of benzene rings is 1. The molecule has 1 amide bonds. The van der Waals surface area contributed by atoms with Crippen molar-refractivity contribution in [2.24, 2.45) is 17.6 Å². The molecular formula is C25H28ClN5O3S. The van der Waals surface area contributed by atoms with E-state index >= 15 is 0 Å². The van der Waals surface area contributed by atoms with E-state index in [9.17, 15) is 9.00 Å². The number of rotatable bonds is 6. The highest BCUT2D eigenvalue weighted by molar-refractivity contribution is 7.85. The van der Waals surface area contributed by atoms with Crippen LogP contribution in [-0.2, 0) is 22.0 Å². The first kappa shape index (κ1) is 22.8. The molecule has 0 radical (unpaired) electrons. The zero-order valence-corrected chi connectivity index (χ0v) is 20.9. The summed E-state index contributed by atoms with van der Waals surface area (Å²) in [5, 5.41) is 4.25. The smallest absolute Gasteiger partial charge is 0.404 e. The second-order valence-electron chi connectivity index (χ2n) is 10.0. The molecule has 0 bridgehead atoms. The third-order valence-corrected chi connectivity index (χ3v) is 9.46. The highest BCUT2D eigenvalue weighted by Gasteiger charge is 2.42. The lowest BCUT2D eigenvalue weighted by molar-refractivity contribution is 0.101. The highest BCUT2D eigenvalue weighted by atomic mass is 35.5. The van der Waals surface area contributed by atoms with Gasteiger partial charge in [0.2, 0.25) is 5.95 Å². The van der Waals surface area contributed by atoms with Crippen LogP contribution in [0.1, 0.15) is 36.9 Å². The Kier molecular flexibility index (Phi) is 5.72. The molecule has 2 aliphatic heterocycles. The third kappa shape index (κ3) is 4.29. The molecule has 35 heavy (non-hydrogen) atoms. The number of nitrogens with zero attached hydrogens (tertiary/aromatic N) is 3. The van der Waals surface area contributed by atoms with Gasteiger partial charge in [0.05, 0.1) is 22.0 Å². The van der Waals surface area contributed by atoms with Crippen LogP contribution in [0.5, 0.6) is 0 Å². The summed E-state index contributed by atoms with van der Waals surface area (Å²) in [4.78, 5) is 23.9. The van der Waals surface area contributed by atoms with Crippen molar-refractivity contribution in [3.8, 4) is 0 Å². The Labute approximate surface area is 211 Å². The molecular weight excluding hydrogens is 486 g/mol. The second-order valence-corrected chi connectivity index (χ2v) is 12.0. The molecule has 1 saturated heterocycles. The molecule has 1 saturated carbocycles. The minimum absolute atomic E-state index is 0.176. The van der Waals surface area contributed by atoms with Crippen molar-refractivity contribution in [2.75, 3.05) is 35.7 Å². The monoisotopic (exact) mass is 513 g/mol. The van der Waals surface area contributed by atoms with Crippen LogP contribution in [0, 0.1) is 11.8 Å². The minimum Gasteiger partial charge on any atom is -0.447 e. The van der Waals surface area contributed by atoms with Crippen LogP contribution in [0.3, 0.4) is 0 Å². The summed E-state index contributed by atoms with van der Waals surface area (Å²) in [6.07, 6.45) is 6.01. The lowest BCUT2D eigenvalue weighted by atomic mass is 9.77. The number of carbonyl (C=O) groups excluding carboxylic acids is 1. The Balaban J connectivity index is 1.24. The molecule has 2 aliphatic carbocycles. The topological polar surface area (TPSA) is 110 Å². The van der Waals surface area contributed by atoms with E-state index < -0.39 is 22.4 Å². The van der Waals surface area contributed by atoms with Crippen molar-refractivity contribution < 1.29 is 13.7 Å². The Hall–Kier alpha value is -2.65. The van der Waals surface area contributed by atoms with Crippen LogP contribution in [0.15, 0.2) is 35.2 Å². The van der Waals surface area contributed by atoms with E-state index in [1.807, 2.05) is 12.1 Å². The normalized spacial score (nSPS) is 26.0. The fourth-order valence-corrected chi connectivity index (χ4v) is 7.16. The molecule has 184 valence electrons. The van der Waals surface area contributed by atoms with E-state index in [0.29, 0.717) is 40.7 Å². The van der Waals surface area contributed by atoms with Crippen molar-refractivity contribution in [3.05, 3.63) is 46.6 Å². The van der Waals surface area contributed by atoms with E-state index in [4.69, 9.17) is 32.0 Å². The van der Waals surface area contributed by atoms with Crippen molar-refractivity contribution in [1.82, 2.24) is 9.97 Å². The molecule has 2 fully saturated rings. The summed E-state index contributed by atoms with van der Waals surface area (Å²) in [6.45, 7) is 1.92. The third-order valence-electron chi connectivity index (χ3n) is 7.75. The number of halogens is 1. The Bertz CT molecular complexity index is 1230. The quantitative estimate of drug-likeness (QED) is 0.605. The molecule has 2 aromatic rings. The van der Waals surface area contributed by atoms with Crippen LogP contribution in [0.4, 0.5) is 16.6 Å². The summed E-state index contributed by atoms with van der Waals surface area (Å²) in [5.74, 6) is 2.83. The van der Waals surface area contributed by atoms with E-state index in [0.717, 1.165) is 49.5 Å². The van der Waals surface area contributed by atoms with E-state index in [1.54, 1.807) is 0 Å². The van der Waals surface area contributed by atoms with Crippen molar-refractivity contribution >= 4 is 45.8 Å². The van der Waals surface area contributed by atoms with E-state index in [-0.39, 0.29) is 6.61 Å². The Morgan fingerprint density at radius 3 is 2.74 bits per heavy atom. The molecule has 3 N–H and O–H groups in total. The number of aromatic nitrogens is 2. The summed E-state index contributed by atoms with van der Waals surface area (Å²) < 4.78 is 17.9. The number of primary amides is 1. The number of fused-ring (bicyclic) bond motifs is 2. The van der Waals surface area contributed by atoms with Crippen molar-refractivity contribution in [2.45, 2.75) is 42.5 Å². The van der Waals surface area contributed by atoms with Gasteiger partial charge in [-0.1, -0.05) is 29.8 Å². The minimum atomic E-state index is -1.13. The van der Waals surface area contributed by atoms with Gasteiger partial charge in [0.25, 0.3) is 0 Å². The predicted molar refractivity (Wildman–Crippen MR) is 136 cm³/mol. The molecule has 0 spiro atoms. The SMILES string of the molecule is NC(=O)OCC1(Nc2nc(N3C[C@H]4CC(c5ccc(Cl)cc5)=C[C@H]4C3)nc3c2[S@](=O)CC3)CCC1. The lowest BCUT2D eigenvalue weighted by Gasteiger charge is -2.42. The van der Waals surface area contributed by atoms with Crippen molar-refractivity contribution in [1.29, 1.82) is 0 Å². The number of hydrogen-bond donors (Lipinski definition) is 2. The molecule has 3 heterocycles. The standard InChI is InChI=1S/C25H28ClN5O3S/c26-19-4-2-15(3-5-19)16-10-17-12-31(13-18(17)11-16)24-28-20-6-9-35(33)21(20)22(29-24)30-25(7-1-8-25)14-34-23(27)32/h2-5,10,17-18H,1,6-9,11-14H2,(H2,27,32)(H,28,29,30)/t17-,18+,35+/m0/s1. The summed E-state index contributed by atoms with van der Waals surface area (Å²) in [5.41, 5.74) is 8.27. The van der Waals surface area contributed by atoms with Gasteiger partial charge in [0.15, 0.2) is 0 Å². The number of nitrogens with one attached hydrogen (secondary N) is 1. The summed E-state index contributed by atoms with van der Waals surface area (Å²) in [6, 6.07) is 8.07. The number of amides is 1. The van der Waals surface area contributed by atoms with Crippen LogP contribution in [0.2, 0.25) is 5.02 Å². The number of aryl methyl sites for hydroxylation is 1. The molecule has 3 atom stereocenters. The highest BCUT2D eigenvalue weighted by Crippen LogP contribution is 2.43. The molecule has 1 aromatic carbocycles. The van der Waals surface area contributed by atoms with Crippen LogP contribution in [-0.4, -0.2) is 51.3 Å². The van der Waals surface area contributed by atoms with Gasteiger partial charge in [0.1, 0.15) is 17.3 Å². The maximum atomic E-state index is 12.8. The van der Waals surface area contributed by atoms with Crippen LogP contribution >= 0.6 is 11.6 Å². The van der Waals surface area contributed by atoms with Gasteiger partial charge in [-0.25, -0.2) is 9.78 Å². The number of ether oxygens (including phenoxy) is 1. The average molecular weight is 514 g/mol. The van der Waals surface area contributed by atoms with Gasteiger partial charge in [-0.05, 0) is 60.8 Å². The van der Waals surface area contributed by atoms with Gasteiger partial charge in [-0.2, -0.15) is 4.98 Å². The van der Waals surface area contributed by atoms with Crippen LogP contribution in [0.25, 0.3) is 5.57 Å². The van der Waals surface area contributed by atoms with E-state index in [2.05, 4.69) is 28.4 Å². The number of anilines is 2. The maximum Gasteiger partial charge on any atom is 0.404 e. The molecule has 10 heteroatoms. The second kappa shape index (κ2) is 8.78. The van der Waals surface area contributed by atoms with Gasteiger partial charge in [-0.15, -0.1) is 0 Å². The van der Waals surface area contributed by atoms with Gasteiger partial charge < -0.3 is 20.7 Å². The number of carbonyl (C=O) groups is 1. The number of allylic oxidation sites excluding steroid dienone is 1. The average Bonchev–Trinajstić information content (AvgIpc) is 3.49. The zero-order chi connectivity index (χ0) is 24.2. The van der Waals surface area contributed by atoms with Gasteiger partial charge >= 0.3 is 6.09 Å². The number of hydrogen-bond acceptors (Lipinski definition) is 7. The Morgan fingerprint density at radius 1 is 1.26 bits per heavy atom. The predicted octanol–water partition coefficient (Wildman–Crippen LogP) is 3.76. The van der Waals surface area contributed by atoms with E-state index in [1.165, 1.54) is 11.1 Å². The fourth-order valence-electron chi connectivity index (χ4n) is 5.73. The lowest BCUT2D eigenvalue weighted by Crippen LogP contribution is -2.50. The van der Waals surface area contributed by atoms with Crippen LogP contribution < -0.4 is 16.0 Å². The van der Waals surface area contributed by atoms with Crippen molar-refractivity contribution in [3.63, 3.8) is 0 Å². The summed E-state index contributed by atoms with van der Waals surface area (Å²) in [7, 11) is -1.13. The Morgan fingerprint density at radius 2 is 2.06 bits per heavy atom. The first-order chi connectivity index (χ1) is 16.9. The van der Waals surface area contributed by atoms with Gasteiger partial charge in [-0.3, -0.25) is 4.21 Å². The maximum absolute atomic E-state index is 12.8. The number of nitrogens with two attached hydrogens (primary N) is 1. The molecule has 8 nitrogen and oxygen atoms in total. The largest absolute Gasteiger partial charge is 0.447 e. The first-order valence-corrected chi connectivity index (χ1v) is 13.8. The van der Waals surface area contributed by atoms with Gasteiger partial charge in [0, 0.05) is 30.3 Å². The molecule has 6 rings (SSSR count).